The summed E-state index contributed by atoms with van der Waals surface area (Å²) >= 11 is 0. The zero-order valence-electron chi connectivity index (χ0n) is 12.3. The lowest BCUT2D eigenvalue weighted by Crippen LogP contribution is -2.31. The summed E-state index contributed by atoms with van der Waals surface area (Å²) in [7, 11) is 0. The molecule has 0 spiro atoms. The standard InChI is InChI=1S/C18H21F2N/c1-2-21-17(10-8-14-6-4-3-5-7-14)13-15-12-16(19)9-11-18(15)20/h3-7,9,11-12,17,21H,2,8,10,13H2,1H3. The second-order valence-corrected chi connectivity index (χ2v) is 5.22. The van der Waals surface area contributed by atoms with E-state index in [1.807, 2.05) is 25.1 Å². The number of likely N-dealkylation sites (N-methyl/N-ethyl adjacent to an activating group) is 1. The molecule has 2 aromatic rings. The Morgan fingerprint density at radius 2 is 1.81 bits per heavy atom. The number of hydrogen-bond acceptors (Lipinski definition) is 1. The van der Waals surface area contributed by atoms with Crippen LogP contribution < -0.4 is 5.32 Å². The SMILES string of the molecule is CCNC(CCc1ccccc1)Cc1cc(F)ccc1F. The van der Waals surface area contributed by atoms with E-state index >= 15 is 0 Å². The van der Waals surface area contributed by atoms with Crippen molar-refractivity contribution >= 4 is 0 Å². The van der Waals surface area contributed by atoms with Crippen molar-refractivity contribution in [1.29, 1.82) is 0 Å². The van der Waals surface area contributed by atoms with Gasteiger partial charge >= 0.3 is 0 Å². The van der Waals surface area contributed by atoms with Gasteiger partial charge in [-0.3, -0.25) is 0 Å². The number of halogens is 2. The molecule has 1 N–H and O–H groups in total. The third kappa shape index (κ3) is 4.94. The Kier molecular flexibility index (Phi) is 5.88. The molecule has 0 aliphatic rings. The van der Waals surface area contributed by atoms with Gasteiger partial charge < -0.3 is 5.32 Å². The van der Waals surface area contributed by atoms with Crippen LogP contribution in [0.15, 0.2) is 48.5 Å². The van der Waals surface area contributed by atoms with Crippen molar-refractivity contribution in [3.05, 3.63) is 71.3 Å². The first-order valence-electron chi connectivity index (χ1n) is 7.40. The normalized spacial score (nSPS) is 12.3. The smallest absolute Gasteiger partial charge is 0.126 e. The van der Waals surface area contributed by atoms with E-state index in [0.29, 0.717) is 12.0 Å². The van der Waals surface area contributed by atoms with Crippen molar-refractivity contribution in [3.63, 3.8) is 0 Å². The zero-order valence-corrected chi connectivity index (χ0v) is 12.3. The Morgan fingerprint density at radius 3 is 2.52 bits per heavy atom. The Morgan fingerprint density at radius 1 is 1.05 bits per heavy atom. The van der Waals surface area contributed by atoms with Gasteiger partial charge in [-0.05, 0) is 55.1 Å². The van der Waals surface area contributed by atoms with Gasteiger partial charge in [-0.25, -0.2) is 8.78 Å². The maximum absolute atomic E-state index is 13.7. The lowest BCUT2D eigenvalue weighted by atomic mass is 9.98. The lowest BCUT2D eigenvalue weighted by molar-refractivity contribution is 0.477. The Labute approximate surface area is 125 Å². The van der Waals surface area contributed by atoms with Gasteiger partial charge in [-0.1, -0.05) is 37.3 Å². The maximum atomic E-state index is 13.7. The molecule has 0 aliphatic carbocycles. The fourth-order valence-corrected chi connectivity index (χ4v) is 2.52. The van der Waals surface area contributed by atoms with Crippen LogP contribution in [-0.2, 0) is 12.8 Å². The lowest BCUT2D eigenvalue weighted by Gasteiger charge is -2.18. The van der Waals surface area contributed by atoms with Gasteiger partial charge in [0.2, 0.25) is 0 Å². The average molecular weight is 289 g/mol. The van der Waals surface area contributed by atoms with Gasteiger partial charge in [0.1, 0.15) is 11.6 Å². The van der Waals surface area contributed by atoms with Crippen molar-refractivity contribution in [2.75, 3.05) is 6.54 Å². The van der Waals surface area contributed by atoms with Crippen molar-refractivity contribution in [2.24, 2.45) is 0 Å². The summed E-state index contributed by atoms with van der Waals surface area (Å²) in [6.07, 6.45) is 2.33. The fourth-order valence-electron chi connectivity index (χ4n) is 2.52. The van der Waals surface area contributed by atoms with Crippen LogP contribution in [0.1, 0.15) is 24.5 Å². The van der Waals surface area contributed by atoms with Crippen LogP contribution in [0.5, 0.6) is 0 Å². The monoisotopic (exact) mass is 289 g/mol. The highest BCUT2D eigenvalue weighted by molar-refractivity contribution is 5.20. The second kappa shape index (κ2) is 7.89. The molecule has 3 heteroatoms. The third-order valence-electron chi connectivity index (χ3n) is 3.59. The first kappa shape index (κ1) is 15.6. The number of aryl methyl sites for hydroxylation is 1. The number of benzene rings is 2. The highest BCUT2D eigenvalue weighted by Crippen LogP contribution is 2.15. The van der Waals surface area contributed by atoms with Crippen molar-refractivity contribution in [3.8, 4) is 0 Å². The molecule has 0 fully saturated rings. The van der Waals surface area contributed by atoms with E-state index in [9.17, 15) is 8.78 Å². The summed E-state index contributed by atoms with van der Waals surface area (Å²) in [5, 5.41) is 3.36. The molecule has 21 heavy (non-hydrogen) atoms. The minimum absolute atomic E-state index is 0.145. The van der Waals surface area contributed by atoms with Crippen LogP contribution in [0.25, 0.3) is 0 Å². The van der Waals surface area contributed by atoms with Gasteiger partial charge in [0.25, 0.3) is 0 Å². The largest absolute Gasteiger partial charge is 0.314 e. The molecule has 1 unspecified atom stereocenters. The highest BCUT2D eigenvalue weighted by Gasteiger charge is 2.12. The predicted octanol–water partition coefficient (Wildman–Crippen LogP) is 4.12. The summed E-state index contributed by atoms with van der Waals surface area (Å²) in [6, 6.07) is 14.0. The molecule has 1 atom stereocenters. The topological polar surface area (TPSA) is 12.0 Å². The van der Waals surface area contributed by atoms with E-state index in [1.165, 1.54) is 17.7 Å². The van der Waals surface area contributed by atoms with Gasteiger partial charge in [-0.2, -0.15) is 0 Å². The number of nitrogens with one attached hydrogen (secondary N) is 1. The van der Waals surface area contributed by atoms with Crippen LogP contribution in [0.4, 0.5) is 8.78 Å². The van der Waals surface area contributed by atoms with Crippen LogP contribution in [0, 0.1) is 11.6 Å². The molecule has 0 radical (unpaired) electrons. The first-order valence-corrected chi connectivity index (χ1v) is 7.40. The van der Waals surface area contributed by atoms with E-state index in [4.69, 9.17) is 0 Å². The summed E-state index contributed by atoms with van der Waals surface area (Å²) < 4.78 is 27.0. The molecule has 0 saturated heterocycles. The molecule has 2 aromatic carbocycles. The molecule has 0 aliphatic heterocycles. The van der Waals surface area contributed by atoms with E-state index in [2.05, 4.69) is 17.4 Å². The Balaban J connectivity index is 2.00. The quantitative estimate of drug-likeness (QED) is 0.808. The molecule has 0 bridgehead atoms. The molecule has 1 nitrogen and oxygen atoms in total. The van der Waals surface area contributed by atoms with Gasteiger partial charge in [0, 0.05) is 6.04 Å². The minimum atomic E-state index is -0.385. The summed E-state index contributed by atoms with van der Waals surface area (Å²) in [4.78, 5) is 0. The molecular formula is C18H21F2N. The summed E-state index contributed by atoms with van der Waals surface area (Å²) in [5.74, 6) is -0.719. The molecule has 0 amide bonds. The van der Waals surface area contributed by atoms with Gasteiger partial charge in [0.05, 0.1) is 0 Å². The molecular weight excluding hydrogens is 268 g/mol. The first-order chi connectivity index (χ1) is 10.2. The van der Waals surface area contributed by atoms with E-state index in [1.54, 1.807) is 0 Å². The zero-order chi connectivity index (χ0) is 15.1. The molecule has 0 saturated carbocycles. The summed E-state index contributed by atoms with van der Waals surface area (Å²) in [5.41, 5.74) is 1.70. The minimum Gasteiger partial charge on any atom is -0.314 e. The third-order valence-corrected chi connectivity index (χ3v) is 3.59. The van der Waals surface area contributed by atoms with Crippen LogP contribution in [0.2, 0.25) is 0 Å². The van der Waals surface area contributed by atoms with E-state index in [0.717, 1.165) is 25.5 Å². The number of rotatable bonds is 7. The van der Waals surface area contributed by atoms with Crippen molar-refractivity contribution in [1.82, 2.24) is 5.32 Å². The maximum Gasteiger partial charge on any atom is 0.126 e. The molecule has 112 valence electrons. The van der Waals surface area contributed by atoms with E-state index < -0.39 is 0 Å². The van der Waals surface area contributed by atoms with Crippen LogP contribution in [-0.4, -0.2) is 12.6 Å². The molecule has 2 rings (SSSR count). The van der Waals surface area contributed by atoms with Crippen molar-refractivity contribution < 1.29 is 8.78 Å². The second-order valence-electron chi connectivity index (χ2n) is 5.22. The Hall–Kier alpha value is -1.74. The van der Waals surface area contributed by atoms with Crippen LogP contribution >= 0.6 is 0 Å². The van der Waals surface area contributed by atoms with Gasteiger partial charge in [-0.15, -0.1) is 0 Å². The summed E-state index contributed by atoms with van der Waals surface area (Å²) in [6.45, 7) is 2.84. The highest BCUT2D eigenvalue weighted by atomic mass is 19.1. The Bertz CT molecular complexity index is 554. The van der Waals surface area contributed by atoms with Crippen molar-refractivity contribution in [2.45, 2.75) is 32.2 Å². The fraction of sp³-hybridized carbons (Fsp3) is 0.333. The molecule has 0 heterocycles. The van der Waals surface area contributed by atoms with E-state index in [-0.39, 0.29) is 17.7 Å². The average Bonchev–Trinajstić information content (AvgIpc) is 2.50. The van der Waals surface area contributed by atoms with Gasteiger partial charge in [0.15, 0.2) is 0 Å². The predicted molar refractivity (Wildman–Crippen MR) is 82.3 cm³/mol. The molecule has 0 aromatic heterocycles. The number of hydrogen-bond donors (Lipinski definition) is 1. The van der Waals surface area contributed by atoms with Crippen LogP contribution in [0.3, 0.4) is 0 Å².